The van der Waals surface area contributed by atoms with E-state index < -0.39 is 0 Å². The Balaban J connectivity index is 1.30. The third-order valence-corrected chi connectivity index (χ3v) is 7.01. The van der Waals surface area contributed by atoms with Crippen molar-refractivity contribution in [2.24, 2.45) is 0 Å². The Morgan fingerprint density at radius 1 is 1.14 bits per heavy atom. The molecule has 28 heavy (non-hydrogen) atoms. The van der Waals surface area contributed by atoms with Crippen LogP contribution in [0.1, 0.15) is 18.4 Å². The predicted molar refractivity (Wildman–Crippen MR) is 112 cm³/mol. The van der Waals surface area contributed by atoms with E-state index in [9.17, 15) is 4.39 Å². The minimum atomic E-state index is -0.182. The lowest BCUT2D eigenvalue weighted by atomic mass is 9.93. The van der Waals surface area contributed by atoms with Crippen molar-refractivity contribution in [3.8, 4) is 0 Å². The van der Waals surface area contributed by atoms with Crippen molar-refractivity contribution in [1.29, 1.82) is 0 Å². The first-order valence-corrected chi connectivity index (χ1v) is 10.8. The standard InChI is InChI=1S/C23H26FNO2S/c1-26-23(17-28-20-6-4-5-19(24)15-20)10-13-25(14-11-23)12-9-18-16-27-22-8-3-2-7-21(18)22/h2-8,15-16H,9-14,17H2,1H3. The number of para-hydroxylation sites is 1. The van der Waals surface area contributed by atoms with Crippen LogP contribution in [0.3, 0.4) is 0 Å². The third kappa shape index (κ3) is 4.43. The van der Waals surface area contributed by atoms with Crippen molar-refractivity contribution in [2.45, 2.75) is 29.8 Å². The summed E-state index contributed by atoms with van der Waals surface area (Å²) in [7, 11) is 1.80. The maximum absolute atomic E-state index is 13.4. The normalized spacial score (nSPS) is 17.2. The van der Waals surface area contributed by atoms with Gasteiger partial charge in [0, 0.05) is 42.8 Å². The van der Waals surface area contributed by atoms with Crippen LogP contribution < -0.4 is 0 Å². The van der Waals surface area contributed by atoms with Crippen molar-refractivity contribution in [3.63, 3.8) is 0 Å². The molecule has 0 saturated carbocycles. The number of piperidine rings is 1. The molecule has 4 rings (SSSR count). The van der Waals surface area contributed by atoms with Crippen LogP contribution >= 0.6 is 11.8 Å². The van der Waals surface area contributed by atoms with E-state index in [1.165, 1.54) is 17.0 Å². The molecule has 1 saturated heterocycles. The maximum Gasteiger partial charge on any atom is 0.134 e. The van der Waals surface area contributed by atoms with E-state index in [2.05, 4.69) is 17.0 Å². The molecule has 0 atom stereocenters. The highest BCUT2D eigenvalue weighted by molar-refractivity contribution is 7.99. The summed E-state index contributed by atoms with van der Waals surface area (Å²) in [5.74, 6) is 0.672. The Kier molecular flexibility index (Phi) is 6.04. The van der Waals surface area contributed by atoms with Gasteiger partial charge in [-0.1, -0.05) is 24.3 Å². The van der Waals surface area contributed by atoms with E-state index in [0.717, 1.165) is 55.1 Å². The van der Waals surface area contributed by atoms with Crippen molar-refractivity contribution in [1.82, 2.24) is 4.90 Å². The van der Waals surface area contributed by atoms with Crippen molar-refractivity contribution >= 4 is 22.7 Å². The van der Waals surface area contributed by atoms with Crippen molar-refractivity contribution in [2.75, 3.05) is 32.5 Å². The van der Waals surface area contributed by atoms with Crippen LogP contribution in [-0.2, 0) is 11.2 Å². The molecule has 0 spiro atoms. The number of benzene rings is 2. The molecule has 148 valence electrons. The molecule has 0 aliphatic carbocycles. The summed E-state index contributed by atoms with van der Waals surface area (Å²) in [4.78, 5) is 3.47. The molecule has 1 aliphatic heterocycles. The molecule has 0 amide bonds. The fourth-order valence-corrected chi connectivity index (χ4v) is 5.08. The summed E-state index contributed by atoms with van der Waals surface area (Å²) < 4.78 is 25.0. The molecule has 0 N–H and O–H groups in total. The highest BCUT2D eigenvalue weighted by Crippen LogP contribution is 2.33. The quantitative estimate of drug-likeness (QED) is 0.498. The fraction of sp³-hybridized carbons (Fsp3) is 0.391. The second kappa shape index (κ2) is 8.68. The lowest BCUT2D eigenvalue weighted by Crippen LogP contribution is -2.47. The molecule has 1 fully saturated rings. The summed E-state index contributed by atoms with van der Waals surface area (Å²) in [6, 6.07) is 15.0. The number of likely N-dealkylation sites (tertiary alicyclic amines) is 1. The molecule has 1 aromatic heterocycles. The number of rotatable bonds is 7. The average Bonchev–Trinajstić information content (AvgIpc) is 3.15. The maximum atomic E-state index is 13.4. The van der Waals surface area contributed by atoms with E-state index in [1.807, 2.05) is 24.5 Å². The first kappa shape index (κ1) is 19.5. The van der Waals surface area contributed by atoms with Gasteiger partial charge >= 0.3 is 0 Å². The van der Waals surface area contributed by atoms with Gasteiger partial charge in [0.05, 0.1) is 11.9 Å². The lowest BCUT2D eigenvalue weighted by molar-refractivity contribution is -0.0385. The fourth-order valence-electron chi connectivity index (χ4n) is 3.87. The first-order valence-electron chi connectivity index (χ1n) is 9.78. The Hall–Kier alpha value is -1.82. The van der Waals surface area contributed by atoms with Crippen molar-refractivity contribution < 1.29 is 13.5 Å². The first-order chi connectivity index (χ1) is 13.7. The van der Waals surface area contributed by atoms with Gasteiger partial charge in [-0.3, -0.25) is 0 Å². The number of ether oxygens (including phenoxy) is 1. The van der Waals surface area contributed by atoms with Crippen LogP contribution in [0, 0.1) is 5.82 Å². The average molecular weight is 400 g/mol. The summed E-state index contributed by atoms with van der Waals surface area (Å²) in [6.45, 7) is 3.07. The molecule has 0 radical (unpaired) electrons. The van der Waals surface area contributed by atoms with Gasteiger partial charge < -0.3 is 14.1 Å². The molecule has 2 heterocycles. The Morgan fingerprint density at radius 2 is 1.96 bits per heavy atom. The van der Waals surface area contributed by atoms with Crippen LogP contribution in [0.25, 0.3) is 11.0 Å². The molecule has 3 nitrogen and oxygen atoms in total. The summed E-state index contributed by atoms with van der Waals surface area (Å²) in [5.41, 5.74) is 2.11. The molecular formula is C23H26FNO2S. The number of fused-ring (bicyclic) bond motifs is 1. The molecule has 0 bridgehead atoms. The van der Waals surface area contributed by atoms with Gasteiger partial charge in [0.2, 0.25) is 0 Å². The number of halogens is 1. The van der Waals surface area contributed by atoms with Gasteiger partial charge in [-0.15, -0.1) is 11.8 Å². The minimum absolute atomic E-state index is 0.129. The second-order valence-corrected chi connectivity index (χ2v) is 8.53. The number of thioether (sulfide) groups is 1. The zero-order valence-corrected chi connectivity index (χ0v) is 17.0. The highest BCUT2D eigenvalue weighted by atomic mass is 32.2. The minimum Gasteiger partial charge on any atom is -0.464 e. The van der Waals surface area contributed by atoms with Gasteiger partial charge in [-0.25, -0.2) is 4.39 Å². The Bertz CT molecular complexity index is 918. The van der Waals surface area contributed by atoms with Gasteiger partial charge in [0.15, 0.2) is 0 Å². The van der Waals surface area contributed by atoms with Gasteiger partial charge in [-0.05, 0) is 49.1 Å². The van der Waals surface area contributed by atoms with Gasteiger partial charge in [0.1, 0.15) is 11.4 Å². The number of nitrogens with zero attached hydrogens (tertiary/aromatic N) is 1. The SMILES string of the molecule is COC1(CSc2cccc(F)c2)CCN(CCc2coc3ccccc23)CC1. The third-order valence-electron chi connectivity index (χ3n) is 5.76. The molecular weight excluding hydrogens is 373 g/mol. The molecule has 5 heteroatoms. The van der Waals surface area contributed by atoms with Gasteiger partial charge in [-0.2, -0.15) is 0 Å². The largest absolute Gasteiger partial charge is 0.464 e. The monoisotopic (exact) mass is 399 g/mol. The van der Waals surface area contributed by atoms with Crippen LogP contribution in [0.15, 0.2) is 64.1 Å². The number of hydrogen-bond acceptors (Lipinski definition) is 4. The molecule has 3 aromatic rings. The lowest BCUT2D eigenvalue weighted by Gasteiger charge is -2.40. The van der Waals surface area contributed by atoms with Crippen LogP contribution in [-0.4, -0.2) is 43.0 Å². The topological polar surface area (TPSA) is 25.6 Å². The Labute approximate surface area is 169 Å². The molecule has 1 aliphatic rings. The van der Waals surface area contributed by atoms with E-state index in [0.29, 0.717) is 0 Å². The summed E-state index contributed by atoms with van der Waals surface area (Å²) in [5, 5.41) is 1.22. The predicted octanol–water partition coefficient (Wildman–Crippen LogP) is 5.39. The smallest absolute Gasteiger partial charge is 0.134 e. The number of methoxy groups -OCH3 is 1. The summed E-state index contributed by atoms with van der Waals surface area (Å²) in [6.07, 6.45) is 4.88. The van der Waals surface area contributed by atoms with Crippen molar-refractivity contribution in [3.05, 3.63) is 66.2 Å². The number of hydrogen-bond donors (Lipinski definition) is 0. The van der Waals surface area contributed by atoms with E-state index in [1.54, 1.807) is 31.0 Å². The van der Waals surface area contributed by atoms with Gasteiger partial charge in [0.25, 0.3) is 0 Å². The van der Waals surface area contributed by atoms with E-state index >= 15 is 0 Å². The zero-order chi connectivity index (χ0) is 19.4. The molecule has 2 aromatic carbocycles. The molecule has 0 unspecified atom stereocenters. The number of furan rings is 1. The summed E-state index contributed by atoms with van der Waals surface area (Å²) >= 11 is 1.68. The second-order valence-electron chi connectivity index (χ2n) is 7.48. The van der Waals surface area contributed by atoms with Crippen LogP contribution in [0.2, 0.25) is 0 Å². The van der Waals surface area contributed by atoms with Crippen LogP contribution in [0.5, 0.6) is 0 Å². The highest BCUT2D eigenvalue weighted by Gasteiger charge is 2.34. The van der Waals surface area contributed by atoms with E-state index in [4.69, 9.17) is 9.15 Å². The zero-order valence-electron chi connectivity index (χ0n) is 16.2. The Morgan fingerprint density at radius 3 is 2.75 bits per heavy atom. The van der Waals surface area contributed by atoms with E-state index in [-0.39, 0.29) is 11.4 Å². The van der Waals surface area contributed by atoms with Crippen LogP contribution in [0.4, 0.5) is 4.39 Å².